The Morgan fingerprint density at radius 1 is 0.466 bits per heavy atom. The van der Waals surface area contributed by atoms with Crippen LogP contribution in [-0.2, 0) is 21.7 Å². The fourth-order valence-corrected chi connectivity index (χ4v) is 10.3. The van der Waals surface area contributed by atoms with Crippen LogP contribution < -0.4 is 9.80 Å². The summed E-state index contributed by atoms with van der Waals surface area (Å²) in [5, 5.41) is 2.94. The molecular weight excluding hydrogens is 728 g/mol. The van der Waals surface area contributed by atoms with Crippen LogP contribution in [0.3, 0.4) is 0 Å². The molecule has 1 heterocycles. The molecule has 4 heteroatoms. The number of benzene rings is 6. The lowest BCUT2D eigenvalue weighted by atomic mass is 9.63. The molecule has 58 heavy (non-hydrogen) atoms. The molecule has 6 aromatic carbocycles. The van der Waals surface area contributed by atoms with Crippen molar-refractivity contribution in [2.45, 2.75) is 117 Å². The van der Waals surface area contributed by atoms with Crippen molar-refractivity contribution in [3.8, 4) is 0 Å². The van der Waals surface area contributed by atoms with Crippen molar-refractivity contribution in [3.63, 3.8) is 0 Å². The van der Waals surface area contributed by atoms with Crippen LogP contribution in [0.15, 0.2) is 120 Å². The summed E-state index contributed by atoms with van der Waals surface area (Å²) >= 11 is 6.82. The van der Waals surface area contributed by atoms with E-state index in [9.17, 15) is 0 Å². The van der Waals surface area contributed by atoms with E-state index in [1.165, 1.54) is 51.9 Å². The maximum absolute atomic E-state index is 6.82. The minimum Gasteiger partial charge on any atom is -0.456 e. The summed E-state index contributed by atoms with van der Waals surface area (Å²) in [6.45, 7) is 23.8. The number of rotatable bonds is 6. The number of fused-ring (bicyclic) bond motifs is 5. The second-order valence-corrected chi connectivity index (χ2v) is 20.3. The third-order valence-corrected chi connectivity index (χ3v) is 14.0. The molecule has 0 saturated heterocycles. The Hall–Kier alpha value is -4.99. The molecule has 0 atom stereocenters. The van der Waals surface area contributed by atoms with Gasteiger partial charge in [-0.05, 0) is 167 Å². The highest BCUT2D eigenvalue weighted by Gasteiger charge is 2.39. The molecule has 296 valence electrons. The molecule has 9 rings (SSSR count). The van der Waals surface area contributed by atoms with E-state index in [2.05, 4.69) is 188 Å². The van der Waals surface area contributed by atoms with E-state index < -0.39 is 0 Å². The van der Waals surface area contributed by atoms with Gasteiger partial charge < -0.3 is 14.2 Å². The van der Waals surface area contributed by atoms with Crippen LogP contribution in [0, 0.1) is 13.8 Å². The highest BCUT2D eigenvalue weighted by molar-refractivity contribution is 6.30. The van der Waals surface area contributed by atoms with Crippen LogP contribution in [-0.4, -0.2) is 0 Å². The molecule has 0 radical (unpaired) electrons. The molecule has 7 aromatic rings. The Bertz CT molecular complexity index is 2750. The Morgan fingerprint density at radius 2 is 1.02 bits per heavy atom. The van der Waals surface area contributed by atoms with Gasteiger partial charge in [-0.3, -0.25) is 0 Å². The molecule has 1 aromatic heterocycles. The first-order chi connectivity index (χ1) is 27.4. The first-order valence-electron chi connectivity index (χ1n) is 21.1. The smallest absolute Gasteiger partial charge is 0.137 e. The van der Waals surface area contributed by atoms with Gasteiger partial charge in [0.1, 0.15) is 11.2 Å². The predicted molar refractivity (Wildman–Crippen MR) is 248 cm³/mol. The molecule has 0 spiro atoms. The van der Waals surface area contributed by atoms with Gasteiger partial charge in [0.05, 0.1) is 11.1 Å². The van der Waals surface area contributed by atoms with E-state index in [0.29, 0.717) is 5.02 Å². The van der Waals surface area contributed by atoms with Crippen molar-refractivity contribution in [1.82, 2.24) is 0 Å². The number of anilines is 6. The summed E-state index contributed by atoms with van der Waals surface area (Å²) in [5.74, 6) is 0. The highest BCUT2D eigenvalue weighted by Crippen LogP contribution is 2.52. The average Bonchev–Trinajstić information content (AvgIpc) is 3.56. The molecule has 0 unspecified atom stereocenters. The van der Waals surface area contributed by atoms with Gasteiger partial charge in [-0.15, -0.1) is 0 Å². The SMILES string of the molecule is Cc1cc(N(c2cccc(Cl)c2)c2cc3c(cc2C)C(C)(C)CCC3(C)C)cc(N(c2ccc3c(c2)C(C)(C)CCC3(C)C)c2cccc3oc4ccccc4c23)c1. The molecule has 0 amide bonds. The zero-order valence-corrected chi connectivity index (χ0v) is 36.7. The van der Waals surface area contributed by atoms with E-state index in [4.69, 9.17) is 16.0 Å². The zero-order chi connectivity index (χ0) is 40.9. The molecular formula is C54H57ClN2O. The van der Waals surface area contributed by atoms with Crippen LogP contribution in [0.2, 0.25) is 5.02 Å². The van der Waals surface area contributed by atoms with Gasteiger partial charge in [-0.1, -0.05) is 109 Å². The summed E-state index contributed by atoms with van der Waals surface area (Å²) in [7, 11) is 0. The number of aryl methyl sites for hydroxylation is 2. The maximum Gasteiger partial charge on any atom is 0.137 e. The van der Waals surface area contributed by atoms with Crippen molar-refractivity contribution in [3.05, 3.63) is 154 Å². The Morgan fingerprint density at radius 3 is 1.69 bits per heavy atom. The molecule has 0 bridgehead atoms. The van der Waals surface area contributed by atoms with Gasteiger partial charge >= 0.3 is 0 Å². The third-order valence-electron chi connectivity index (χ3n) is 13.8. The van der Waals surface area contributed by atoms with Gasteiger partial charge in [0.15, 0.2) is 0 Å². The Kier molecular flexibility index (Phi) is 8.99. The quantitative estimate of drug-likeness (QED) is 0.167. The van der Waals surface area contributed by atoms with Crippen LogP contribution >= 0.6 is 11.6 Å². The predicted octanol–water partition coefficient (Wildman–Crippen LogP) is 16.5. The summed E-state index contributed by atoms with van der Waals surface area (Å²) in [5.41, 5.74) is 16.9. The zero-order valence-electron chi connectivity index (χ0n) is 36.0. The van der Waals surface area contributed by atoms with E-state index >= 15 is 0 Å². The van der Waals surface area contributed by atoms with Gasteiger partial charge in [-0.25, -0.2) is 0 Å². The minimum atomic E-state index is 0.0499. The fourth-order valence-electron chi connectivity index (χ4n) is 10.1. The van der Waals surface area contributed by atoms with E-state index in [0.717, 1.165) is 63.2 Å². The summed E-state index contributed by atoms with van der Waals surface area (Å²) in [6.07, 6.45) is 4.65. The van der Waals surface area contributed by atoms with Crippen LogP contribution in [0.5, 0.6) is 0 Å². The van der Waals surface area contributed by atoms with Gasteiger partial charge in [0.2, 0.25) is 0 Å². The minimum absolute atomic E-state index is 0.0499. The number of halogens is 1. The van der Waals surface area contributed by atoms with E-state index in [1.54, 1.807) is 0 Å². The van der Waals surface area contributed by atoms with Crippen LogP contribution in [0.25, 0.3) is 21.9 Å². The van der Waals surface area contributed by atoms with Gasteiger partial charge in [0, 0.05) is 38.8 Å². The Balaban J connectivity index is 1.32. The largest absolute Gasteiger partial charge is 0.456 e. The first kappa shape index (κ1) is 38.5. The van der Waals surface area contributed by atoms with Crippen LogP contribution in [0.1, 0.15) is 114 Å². The average molecular weight is 786 g/mol. The van der Waals surface area contributed by atoms with Crippen molar-refractivity contribution in [1.29, 1.82) is 0 Å². The highest BCUT2D eigenvalue weighted by atomic mass is 35.5. The van der Waals surface area contributed by atoms with Crippen LogP contribution in [0.4, 0.5) is 34.1 Å². The summed E-state index contributed by atoms with van der Waals surface area (Å²) in [6, 6.07) is 42.4. The molecule has 3 nitrogen and oxygen atoms in total. The fraction of sp³-hybridized carbons (Fsp3) is 0.333. The lowest BCUT2D eigenvalue weighted by molar-refractivity contribution is 0.332. The van der Waals surface area contributed by atoms with Crippen molar-refractivity contribution < 1.29 is 4.42 Å². The molecule has 2 aliphatic carbocycles. The van der Waals surface area contributed by atoms with E-state index in [-0.39, 0.29) is 21.7 Å². The molecule has 0 N–H and O–H groups in total. The normalized spacial score (nSPS) is 17.5. The number of furan rings is 1. The topological polar surface area (TPSA) is 19.6 Å². The second-order valence-electron chi connectivity index (χ2n) is 19.9. The number of hydrogen-bond acceptors (Lipinski definition) is 3. The first-order valence-corrected chi connectivity index (χ1v) is 21.5. The number of nitrogens with zero attached hydrogens (tertiary/aromatic N) is 2. The lowest BCUT2D eigenvalue weighted by Crippen LogP contribution is -2.34. The molecule has 0 aliphatic heterocycles. The van der Waals surface area contributed by atoms with E-state index in [1.807, 2.05) is 6.07 Å². The standard InChI is InChI=1S/C54H57ClN2O/c1-34-27-39(31-40(28-34)57(37-16-13-15-36(55)30-37)47-33-45-43(29-35(47)2)52(5,6)25-26-54(45,9)10)56(38-21-22-42-44(32-38)53(7,8)24-23-51(42,3)4)46-18-14-20-49-50(46)41-17-11-12-19-48(41)58-49/h11-22,27-33H,23-26H2,1-10H3. The second kappa shape index (κ2) is 13.5. The maximum atomic E-state index is 6.82. The molecule has 0 saturated carbocycles. The number of hydrogen-bond donors (Lipinski definition) is 0. The van der Waals surface area contributed by atoms with Crippen molar-refractivity contribution in [2.75, 3.05) is 9.80 Å². The van der Waals surface area contributed by atoms with Crippen molar-refractivity contribution in [2.24, 2.45) is 0 Å². The number of para-hydroxylation sites is 1. The molecule has 2 aliphatic rings. The third kappa shape index (κ3) is 6.42. The lowest BCUT2D eigenvalue weighted by Gasteiger charge is -2.43. The summed E-state index contributed by atoms with van der Waals surface area (Å²) < 4.78 is 6.52. The Labute approximate surface area is 350 Å². The molecule has 0 fully saturated rings. The summed E-state index contributed by atoms with van der Waals surface area (Å²) in [4.78, 5) is 4.90. The monoisotopic (exact) mass is 784 g/mol. The van der Waals surface area contributed by atoms with Gasteiger partial charge in [-0.2, -0.15) is 0 Å². The van der Waals surface area contributed by atoms with Gasteiger partial charge in [0.25, 0.3) is 0 Å². The van der Waals surface area contributed by atoms with Crippen molar-refractivity contribution >= 4 is 67.7 Å².